The highest BCUT2D eigenvalue weighted by Crippen LogP contribution is 2.38. The molecule has 0 radical (unpaired) electrons. The summed E-state index contributed by atoms with van der Waals surface area (Å²) >= 11 is 5.24. The van der Waals surface area contributed by atoms with E-state index in [1.54, 1.807) is 30.0 Å². The lowest BCUT2D eigenvalue weighted by molar-refractivity contribution is 0.0955. The zero-order valence-electron chi connectivity index (χ0n) is 16.5. The standard InChI is InChI=1S/C24H19BrN2O3S/c25-17-8-5-15(6-9-17)22-23(18-3-1-2-4-19(18)27-22)31-12-11-26-24(28)16-7-10-20-21(13-16)30-14-29-20/h1-10,13,27H,11-12,14H2,(H,26,28). The van der Waals surface area contributed by atoms with Gasteiger partial charge in [0.25, 0.3) is 5.91 Å². The van der Waals surface area contributed by atoms with Crippen LogP contribution in [0.4, 0.5) is 0 Å². The number of benzene rings is 3. The molecule has 0 unspecified atom stereocenters. The second-order valence-electron chi connectivity index (χ2n) is 7.05. The second kappa shape index (κ2) is 8.69. The van der Waals surface area contributed by atoms with E-state index < -0.39 is 0 Å². The van der Waals surface area contributed by atoms with Crippen molar-refractivity contribution in [2.45, 2.75) is 4.90 Å². The van der Waals surface area contributed by atoms with Gasteiger partial charge in [0, 0.05) is 38.1 Å². The van der Waals surface area contributed by atoms with Gasteiger partial charge < -0.3 is 19.8 Å². The topological polar surface area (TPSA) is 63.4 Å². The molecule has 0 saturated carbocycles. The number of thioether (sulfide) groups is 1. The third kappa shape index (κ3) is 4.16. The van der Waals surface area contributed by atoms with Crippen molar-refractivity contribution >= 4 is 44.5 Å². The number of nitrogens with one attached hydrogen (secondary N) is 2. The highest BCUT2D eigenvalue weighted by atomic mass is 79.9. The molecule has 4 aromatic rings. The van der Waals surface area contributed by atoms with Crippen LogP contribution in [0, 0.1) is 0 Å². The van der Waals surface area contributed by atoms with Gasteiger partial charge in [0.05, 0.1) is 5.69 Å². The van der Waals surface area contributed by atoms with Crippen LogP contribution in [0.2, 0.25) is 0 Å². The molecule has 1 aliphatic heterocycles. The largest absolute Gasteiger partial charge is 0.454 e. The molecule has 156 valence electrons. The number of amides is 1. The van der Waals surface area contributed by atoms with Crippen molar-refractivity contribution in [1.82, 2.24) is 10.3 Å². The molecule has 0 saturated heterocycles. The number of aromatic amines is 1. The third-order valence-electron chi connectivity index (χ3n) is 5.06. The Hall–Kier alpha value is -2.90. The maximum Gasteiger partial charge on any atom is 0.251 e. The number of halogens is 1. The second-order valence-corrected chi connectivity index (χ2v) is 9.07. The van der Waals surface area contributed by atoms with Crippen molar-refractivity contribution in [3.8, 4) is 22.8 Å². The minimum Gasteiger partial charge on any atom is -0.454 e. The molecule has 5 nitrogen and oxygen atoms in total. The molecule has 1 amide bonds. The first kappa shape index (κ1) is 20.0. The molecular weight excluding hydrogens is 476 g/mol. The molecule has 31 heavy (non-hydrogen) atoms. The zero-order valence-corrected chi connectivity index (χ0v) is 18.9. The van der Waals surface area contributed by atoms with Crippen molar-refractivity contribution in [1.29, 1.82) is 0 Å². The lowest BCUT2D eigenvalue weighted by atomic mass is 10.1. The van der Waals surface area contributed by atoms with Crippen LogP contribution < -0.4 is 14.8 Å². The van der Waals surface area contributed by atoms with E-state index in [2.05, 4.69) is 50.5 Å². The van der Waals surface area contributed by atoms with Gasteiger partial charge in [-0.3, -0.25) is 4.79 Å². The highest BCUT2D eigenvalue weighted by molar-refractivity contribution is 9.10. The summed E-state index contributed by atoms with van der Waals surface area (Å²) in [4.78, 5) is 17.3. The van der Waals surface area contributed by atoms with E-state index in [0.29, 0.717) is 23.6 Å². The summed E-state index contributed by atoms with van der Waals surface area (Å²) < 4.78 is 11.7. The molecule has 2 N–H and O–H groups in total. The third-order valence-corrected chi connectivity index (χ3v) is 6.71. The van der Waals surface area contributed by atoms with E-state index in [0.717, 1.165) is 27.0 Å². The quantitative estimate of drug-likeness (QED) is 0.260. The molecule has 5 rings (SSSR count). The summed E-state index contributed by atoms with van der Waals surface area (Å²) in [5.74, 6) is 1.92. The Bertz CT molecular complexity index is 1250. The Morgan fingerprint density at radius 2 is 1.84 bits per heavy atom. The number of carbonyl (C=O) groups excluding carboxylic acids is 1. The maximum absolute atomic E-state index is 12.5. The number of hydrogen-bond acceptors (Lipinski definition) is 4. The van der Waals surface area contributed by atoms with Gasteiger partial charge in [-0.15, -0.1) is 11.8 Å². The van der Waals surface area contributed by atoms with Gasteiger partial charge in [0.1, 0.15) is 0 Å². The van der Waals surface area contributed by atoms with E-state index >= 15 is 0 Å². The predicted octanol–water partition coefficient (Wildman–Crippen LogP) is 5.85. The van der Waals surface area contributed by atoms with Gasteiger partial charge in [-0.1, -0.05) is 46.3 Å². The number of para-hydroxylation sites is 1. The summed E-state index contributed by atoms with van der Waals surface area (Å²) in [7, 11) is 0. The summed E-state index contributed by atoms with van der Waals surface area (Å²) in [6.07, 6.45) is 0. The fourth-order valence-electron chi connectivity index (χ4n) is 3.54. The first-order valence-corrected chi connectivity index (χ1v) is 11.6. The minimum absolute atomic E-state index is 0.119. The number of H-pyrrole nitrogens is 1. The Morgan fingerprint density at radius 3 is 2.71 bits per heavy atom. The van der Waals surface area contributed by atoms with Gasteiger partial charge in [-0.25, -0.2) is 0 Å². The molecule has 3 aromatic carbocycles. The highest BCUT2D eigenvalue weighted by Gasteiger charge is 2.17. The molecule has 7 heteroatoms. The van der Waals surface area contributed by atoms with Gasteiger partial charge >= 0.3 is 0 Å². The number of hydrogen-bond donors (Lipinski definition) is 2. The maximum atomic E-state index is 12.5. The average molecular weight is 495 g/mol. The molecule has 1 aromatic heterocycles. The molecular formula is C24H19BrN2O3S. The minimum atomic E-state index is -0.119. The van der Waals surface area contributed by atoms with Crippen LogP contribution in [-0.4, -0.2) is 30.0 Å². The van der Waals surface area contributed by atoms with Crippen LogP contribution in [0.25, 0.3) is 22.2 Å². The molecule has 0 aliphatic carbocycles. The SMILES string of the molecule is O=C(NCCSc1c(-c2ccc(Br)cc2)[nH]c2ccccc12)c1ccc2c(c1)OCO2. The average Bonchev–Trinajstić information content (AvgIpc) is 3.41. The van der Waals surface area contributed by atoms with Crippen molar-refractivity contribution < 1.29 is 14.3 Å². The summed E-state index contributed by atoms with van der Waals surface area (Å²) in [6, 6.07) is 21.8. The van der Waals surface area contributed by atoms with Crippen molar-refractivity contribution in [3.05, 3.63) is 76.8 Å². The van der Waals surface area contributed by atoms with Gasteiger partial charge in [0.15, 0.2) is 11.5 Å². The van der Waals surface area contributed by atoms with Crippen LogP contribution in [0.5, 0.6) is 11.5 Å². The van der Waals surface area contributed by atoms with Crippen LogP contribution in [0.15, 0.2) is 76.1 Å². The first-order chi connectivity index (χ1) is 15.2. The lowest BCUT2D eigenvalue weighted by Crippen LogP contribution is -2.25. The molecule has 0 fully saturated rings. The number of carbonyl (C=O) groups is 1. The van der Waals surface area contributed by atoms with E-state index in [-0.39, 0.29) is 12.7 Å². The van der Waals surface area contributed by atoms with E-state index in [9.17, 15) is 4.79 Å². The predicted molar refractivity (Wildman–Crippen MR) is 127 cm³/mol. The van der Waals surface area contributed by atoms with Crippen LogP contribution in [-0.2, 0) is 0 Å². The van der Waals surface area contributed by atoms with E-state index in [1.807, 2.05) is 24.3 Å². The van der Waals surface area contributed by atoms with Gasteiger partial charge in [-0.05, 0) is 42.0 Å². The smallest absolute Gasteiger partial charge is 0.251 e. The van der Waals surface area contributed by atoms with Crippen molar-refractivity contribution in [2.75, 3.05) is 19.1 Å². The number of ether oxygens (including phenoxy) is 2. The number of fused-ring (bicyclic) bond motifs is 2. The first-order valence-electron chi connectivity index (χ1n) is 9.86. The summed E-state index contributed by atoms with van der Waals surface area (Å²) in [5.41, 5.74) is 3.90. The Labute approximate surface area is 192 Å². The normalized spacial score (nSPS) is 12.3. The molecule has 1 aliphatic rings. The molecule has 0 spiro atoms. The van der Waals surface area contributed by atoms with Gasteiger partial charge in [0.2, 0.25) is 6.79 Å². The van der Waals surface area contributed by atoms with Crippen LogP contribution in [0.1, 0.15) is 10.4 Å². The van der Waals surface area contributed by atoms with Gasteiger partial charge in [-0.2, -0.15) is 0 Å². The zero-order chi connectivity index (χ0) is 21.2. The molecule has 0 bridgehead atoms. The molecule has 2 heterocycles. The van der Waals surface area contributed by atoms with E-state index in [1.165, 1.54) is 10.3 Å². The number of rotatable bonds is 6. The fraction of sp³-hybridized carbons (Fsp3) is 0.125. The summed E-state index contributed by atoms with van der Waals surface area (Å²) in [5, 5.41) is 4.18. The van der Waals surface area contributed by atoms with Crippen LogP contribution >= 0.6 is 27.7 Å². The Balaban J connectivity index is 1.29. The fourth-order valence-corrected chi connectivity index (χ4v) is 4.86. The summed E-state index contributed by atoms with van der Waals surface area (Å²) in [6.45, 7) is 0.750. The van der Waals surface area contributed by atoms with Crippen molar-refractivity contribution in [2.24, 2.45) is 0 Å². The monoisotopic (exact) mass is 494 g/mol. The Morgan fingerprint density at radius 1 is 1.03 bits per heavy atom. The number of aromatic nitrogens is 1. The Kier molecular flexibility index (Phi) is 5.61. The van der Waals surface area contributed by atoms with E-state index in [4.69, 9.17) is 9.47 Å². The molecule has 0 atom stereocenters. The van der Waals surface area contributed by atoms with Crippen LogP contribution in [0.3, 0.4) is 0 Å². The van der Waals surface area contributed by atoms with Crippen molar-refractivity contribution in [3.63, 3.8) is 0 Å². The lowest BCUT2D eigenvalue weighted by Gasteiger charge is -2.08.